The molecule has 5 nitrogen and oxygen atoms in total. The van der Waals surface area contributed by atoms with Gasteiger partial charge in [-0.05, 0) is 59.0 Å². The van der Waals surface area contributed by atoms with Gasteiger partial charge in [-0.25, -0.2) is 4.79 Å². The summed E-state index contributed by atoms with van der Waals surface area (Å²) in [6.07, 6.45) is 4.84. The molecule has 0 spiro atoms. The number of aromatic amines is 1. The van der Waals surface area contributed by atoms with E-state index in [0.29, 0.717) is 19.6 Å². The second-order valence-electron chi connectivity index (χ2n) is 6.39. The summed E-state index contributed by atoms with van der Waals surface area (Å²) in [4.78, 5) is 22.1. The number of benzene rings is 1. The fourth-order valence-electron chi connectivity index (χ4n) is 3.73. The Kier molecular flexibility index (Phi) is 4.68. The molecule has 1 atom stereocenters. The van der Waals surface area contributed by atoms with E-state index in [1.54, 1.807) is 12.4 Å². The van der Waals surface area contributed by atoms with Crippen LogP contribution in [-0.4, -0.2) is 34.1 Å². The number of nitrogens with one attached hydrogen (secondary N) is 1. The van der Waals surface area contributed by atoms with E-state index in [-0.39, 0.29) is 12.1 Å². The monoisotopic (exact) mass is 413 g/mol. The number of para-hydroxylation sites is 1. The summed E-state index contributed by atoms with van der Waals surface area (Å²) in [6, 6.07) is 10.2. The van der Waals surface area contributed by atoms with Crippen LogP contribution in [0.1, 0.15) is 29.8 Å². The molecule has 1 aliphatic rings. The Morgan fingerprint density at radius 2 is 2.23 bits per heavy atom. The molecule has 0 bridgehead atoms. The number of pyridine rings is 1. The van der Waals surface area contributed by atoms with Gasteiger partial charge in [-0.1, -0.05) is 18.2 Å². The van der Waals surface area contributed by atoms with Gasteiger partial charge in [-0.3, -0.25) is 9.88 Å². The van der Waals surface area contributed by atoms with Gasteiger partial charge < -0.3 is 9.72 Å². The number of halogens is 1. The van der Waals surface area contributed by atoms with Crippen molar-refractivity contribution in [2.24, 2.45) is 0 Å². The van der Waals surface area contributed by atoms with E-state index >= 15 is 0 Å². The number of fused-ring (bicyclic) bond motifs is 3. The Bertz CT molecular complexity index is 953. The zero-order valence-electron chi connectivity index (χ0n) is 14.5. The van der Waals surface area contributed by atoms with Crippen molar-refractivity contribution in [2.45, 2.75) is 25.8 Å². The topological polar surface area (TPSA) is 58.2 Å². The molecule has 0 fully saturated rings. The molecular weight excluding hydrogens is 394 g/mol. The van der Waals surface area contributed by atoms with Crippen molar-refractivity contribution in [3.63, 3.8) is 0 Å². The molecule has 3 aromatic rings. The molecule has 3 heterocycles. The third-order valence-corrected chi connectivity index (χ3v) is 5.64. The molecule has 0 aliphatic carbocycles. The third kappa shape index (κ3) is 2.98. The number of H-pyrrole nitrogens is 1. The van der Waals surface area contributed by atoms with Crippen LogP contribution in [0.25, 0.3) is 10.9 Å². The van der Waals surface area contributed by atoms with E-state index < -0.39 is 0 Å². The van der Waals surface area contributed by atoms with Crippen LogP contribution in [0.3, 0.4) is 0 Å². The van der Waals surface area contributed by atoms with Gasteiger partial charge in [0.2, 0.25) is 0 Å². The Morgan fingerprint density at radius 3 is 3.04 bits per heavy atom. The molecule has 0 radical (unpaired) electrons. The quantitative estimate of drug-likeness (QED) is 0.680. The number of hydrogen-bond acceptors (Lipinski definition) is 3. The van der Waals surface area contributed by atoms with Crippen LogP contribution >= 0.6 is 15.9 Å². The van der Waals surface area contributed by atoms with Crippen molar-refractivity contribution in [3.8, 4) is 0 Å². The molecule has 1 aliphatic heterocycles. The summed E-state index contributed by atoms with van der Waals surface area (Å²) in [5, 5.41) is 1.24. The first kappa shape index (κ1) is 17.1. The van der Waals surface area contributed by atoms with Gasteiger partial charge >= 0.3 is 6.09 Å². The molecule has 0 saturated heterocycles. The highest BCUT2D eigenvalue weighted by atomic mass is 79.9. The average Bonchev–Trinajstić information content (AvgIpc) is 3.03. The largest absolute Gasteiger partial charge is 0.450 e. The molecule has 0 saturated carbocycles. The number of amides is 1. The number of ether oxygens (including phenoxy) is 1. The highest BCUT2D eigenvalue weighted by Gasteiger charge is 2.34. The molecule has 26 heavy (non-hydrogen) atoms. The summed E-state index contributed by atoms with van der Waals surface area (Å²) in [5.74, 6) is 0. The molecular formula is C20H20BrN3O2. The fourth-order valence-corrected chi connectivity index (χ4v) is 4.15. The van der Waals surface area contributed by atoms with Gasteiger partial charge in [0.15, 0.2) is 0 Å². The van der Waals surface area contributed by atoms with Crippen LogP contribution in [-0.2, 0) is 17.6 Å². The smallest absolute Gasteiger partial charge is 0.410 e. The summed E-state index contributed by atoms with van der Waals surface area (Å²) >= 11 is 3.58. The lowest BCUT2D eigenvalue weighted by Crippen LogP contribution is -2.41. The SMILES string of the molecule is CCOC(=O)N1CCc2c([nH]c3ccccc23)C1Cc1ccncc1Br. The van der Waals surface area contributed by atoms with Crippen LogP contribution in [0.15, 0.2) is 47.2 Å². The van der Waals surface area contributed by atoms with Crippen LogP contribution in [0, 0.1) is 0 Å². The zero-order valence-corrected chi connectivity index (χ0v) is 16.1. The molecule has 1 N–H and O–H groups in total. The maximum atomic E-state index is 12.6. The summed E-state index contributed by atoms with van der Waals surface area (Å²) in [6.45, 7) is 2.87. The van der Waals surface area contributed by atoms with Gasteiger partial charge in [0.25, 0.3) is 0 Å². The Balaban J connectivity index is 1.79. The van der Waals surface area contributed by atoms with Gasteiger partial charge in [-0.2, -0.15) is 0 Å². The summed E-state index contributed by atoms with van der Waals surface area (Å²) in [5.41, 5.74) is 4.64. The van der Waals surface area contributed by atoms with E-state index in [2.05, 4.69) is 44.1 Å². The predicted molar refractivity (Wildman–Crippen MR) is 104 cm³/mol. The van der Waals surface area contributed by atoms with E-state index in [9.17, 15) is 4.79 Å². The Morgan fingerprint density at radius 1 is 1.38 bits per heavy atom. The molecule has 134 valence electrons. The second kappa shape index (κ2) is 7.11. The maximum Gasteiger partial charge on any atom is 0.410 e. The number of carbonyl (C=O) groups is 1. The zero-order chi connectivity index (χ0) is 18.1. The molecule has 1 unspecified atom stereocenters. The highest BCUT2D eigenvalue weighted by molar-refractivity contribution is 9.10. The molecule has 4 rings (SSSR count). The number of nitrogens with zero attached hydrogens (tertiary/aromatic N) is 2. The Hall–Kier alpha value is -2.34. The van der Waals surface area contributed by atoms with Crippen molar-refractivity contribution in [3.05, 3.63) is 64.0 Å². The van der Waals surface area contributed by atoms with Crippen LogP contribution < -0.4 is 0 Å². The van der Waals surface area contributed by atoms with Crippen LogP contribution in [0.2, 0.25) is 0 Å². The van der Waals surface area contributed by atoms with E-state index in [4.69, 9.17) is 4.74 Å². The standard InChI is InChI=1S/C20H20BrN3O2/c1-2-26-20(25)24-10-8-15-14-5-3-4-6-17(14)23-19(15)18(24)11-13-7-9-22-12-16(13)21/h3-7,9,12,18,23H,2,8,10-11H2,1H3. The summed E-state index contributed by atoms with van der Waals surface area (Å²) < 4.78 is 6.27. The first-order valence-corrected chi connectivity index (χ1v) is 9.59. The molecule has 1 amide bonds. The Labute approximate surface area is 160 Å². The number of hydrogen-bond donors (Lipinski definition) is 1. The molecule has 2 aromatic heterocycles. The van der Waals surface area contributed by atoms with Gasteiger partial charge in [0.05, 0.1) is 12.6 Å². The highest BCUT2D eigenvalue weighted by Crippen LogP contribution is 2.37. The van der Waals surface area contributed by atoms with Gasteiger partial charge in [-0.15, -0.1) is 0 Å². The van der Waals surface area contributed by atoms with E-state index in [1.807, 2.05) is 24.0 Å². The van der Waals surface area contributed by atoms with Crippen molar-refractivity contribution in [1.29, 1.82) is 0 Å². The van der Waals surface area contributed by atoms with Gasteiger partial charge in [0.1, 0.15) is 0 Å². The lowest BCUT2D eigenvalue weighted by molar-refractivity contribution is 0.0857. The normalized spacial score (nSPS) is 16.5. The number of carbonyl (C=O) groups excluding carboxylic acids is 1. The number of aromatic nitrogens is 2. The first-order valence-electron chi connectivity index (χ1n) is 8.80. The molecule has 6 heteroatoms. The van der Waals surface area contributed by atoms with Crippen LogP contribution in [0.5, 0.6) is 0 Å². The molecule has 1 aromatic carbocycles. The summed E-state index contributed by atoms with van der Waals surface area (Å²) in [7, 11) is 0. The predicted octanol–water partition coefficient (Wildman–Crippen LogP) is 4.62. The van der Waals surface area contributed by atoms with Crippen molar-refractivity contribution in [1.82, 2.24) is 14.9 Å². The van der Waals surface area contributed by atoms with Crippen LogP contribution in [0.4, 0.5) is 4.79 Å². The van der Waals surface area contributed by atoms with Crippen molar-refractivity contribution >= 4 is 32.9 Å². The first-order chi connectivity index (χ1) is 12.7. The minimum absolute atomic E-state index is 0.0936. The van der Waals surface area contributed by atoms with Gasteiger partial charge in [0, 0.05) is 40.0 Å². The average molecular weight is 414 g/mol. The minimum atomic E-state index is -0.257. The van der Waals surface area contributed by atoms with E-state index in [0.717, 1.165) is 27.7 Å². The fraction of sp³-hybridized carbons (Fsp3) is 0.300. The lowest BCUT2D eigenvalue weighted by Gasteiger charge is -2.35. The maximum absolute atomic E-state index is 12.6. The van der Waals surface area contributed by atoms with Crippen molar-refractivity contribution < 1.29 is 9.53 Å². The minimum Gasteiger partial charge on any atom is -0.450 e. The lowest BCUT2D eigenvalue weighted by atomic mass is 9.93. The number of rotatable bonds is 3. The third-order valence-electron chi connectivity index (χ3n) is 4.93. The second-order valence-corrected chi connectivity index (χ2v) is 7.25. The van der Waals surface area contributed by atoms with Crippen molar-refractivity contribution in [2.75, 3.05) is 13.2 Å². The van der Waals surface area contributed by atoms with E-state index in [1.165, 1.54) is 10.9 Å².